The maximum Gasteiger partial charge on any atom is 0.127 e. The zero-order chi connectivity index (χ0) is 9.68. The molecule has 0 fully saturated rings. The van der Waals surface area contributed by atoms with Gasteiger partial charge in [0.2, 0.25) is 0 Å². The lowest BCUT2D eigenvalue weighted by atomic mass is 10.1. The van der Waals surface area contributed by atoms with Gasteiger partial charge < -0.3 is 9.84 Å². The summed E-state index contributed by atoms with van der Waals surface area (Å²) in [7, 11) is 1.57. The summed E-state index contributed by atoms with van der Waals surface area (Å²) in [5, 5.41) is 8.53. The maximum absolute atomic E-state index is 13.2. The molecule has 72 valence electrons. The molecule has 13 heavy (non-hydrogen) atoms. The molecule has 0 radical (unpaired) electrons. The first-order valence-corrected chi connectivity index (χ1v) is 4.17. The van der Waals surface area contributed by atoms with Crippen molar-refractivity contribution in [2.24, 2.45) is 0 Å². The van der Waals surface area contributed by atoms with Crippen LogP contribution in [0.2, 0.25) is 0 Å². The molecule has 0 aliphatic rings. The number of methoxy groups -OCH3 is 1. The third-order valence-corrected chi connectivity index (χ3v) is 1.86. The molecule has 0 aliphatic heterocycles. The van der Waals surface area contributed by atoms with Gasteiger partial charge in [0.05, 0.1) is 7.11 Å². The van der Waals surface area contributed by atoms with Gasteiger partial charge in [-0.25, -0.2) is 4.39 Å². The molecular formula is C10H13FO2. The van der Waals surface area contributed by atoms with Crippen LogP contribution >= 0.6 is 0 Å². The molecule has 1 atom stereocenters. The number of benzene rings is 1. The Morgan fingerprint density at radius 3 is 2.46 bits per heavy atom. The van der Waals surface area contributed by atoms with Crippen molar-refractivity contribution in [3.8, 4) is 5.75 Å². The van der Waals surface area contributed by atoms with E-state index in [4.69, 9.17) is 9.84 Å². The van der Waals surface area contributed by atoms with Crippen molar-refractivity contribution in [1.29, 1.82) is 0 Å². The highest BCUT2D eigenvalue weighted by molar-refractivity contribution is 5.28. The number of hydrogen-bond donors (Lipinski definition) is 1. The predicted octanol–water partition coefficient (Wildman–Crippen LogP) is 2.09. The van der Waals surface area contributed by atoms with E-state index in [1.165, 1.54) is 0 Å². The minimum atomic E-state index is -1.09. The van der Waals surface area contributed by atoms with Crippen LogP contribution in [0.5, 0.6) is 5.75 Å². The van der Waals surface area contributed by atoms with E-state index in [-0.39, 0.29) is 13.0 Å². The van der Waals surface area contributed by atoms with Gasteiger partial charge in [0.25, 0.3) is 0 Å². The average molecular weight is 184 g/mol. The number of rotatable bonds is 4. The Morgan fingerprint density at radius 2 is 2.00 bits per heavy atom. The Kier molecular flexibility index (Phi) is 3.71. The maximum atomic E-state index is 13.2. The first-order chi connectivity index (χ1) is 6.27. The van der Waals surface area contributed by atoms with Crippen LogP contribution in [0.4, 0.5) is 4.39 Å². The van der Waals surface area contributed by atoms with Crippen molar-refractivity contribution >= 4 is 0 Å². The number of ether oxygens (including phenoxy) is 1. The van der Waals surface area contributed by atoms with Crippen molar-refractivity contribution in [3.63, 3.8) is 0 Å². The summed E-state index contributed by atoms with van der Waals surface area (Å²) in [6.07, 6.45) is -0.942. The minimum Gasteiger partial charge on any atom is -0.497 e. The second kappa shape index (κ2) is 4.82. The van der Waals surface area contributed by atoms with Crippen LogP contribution in [0, 0.1) is 0 Å². The van der Waals surface area contributed by atoms with Gasteiger partial charge in [-0.1, -0.05) is 12.1 Å². The van der Waals surface area contributed by atoms with Gasteiger partial charge in [-0.2, -0.15) is 0 Å². The Labute approximate surface area is 77.0 Å². The normalized spacial score (nSPS) is 12.5. The fourth-order valence-electron chi connectivity index (χ4n) is 1.09. The minimum absolute atomic E-state index is 0.132. The lowest BCUT2D eigenvalue weighted by Gasteiger charge is -2.07. The topological polar surface area (TPSA) is 29.5 Å². The van der Waals surface area contributed by atoms with E-state index >= 15 is 0 Å². The van der Waals surface area contributed by atoms with E-state index in [1.54, 1.807) is 31.4 Å². The third kappa shape index (κ3) is 2.70. The molecule has 1 unspecified atom stereocenters. The molecule has 0 bridgehead atoms. The second-order valence-corrected chi connectivity index (χ2v) is 2.75. The van der Waals surface area contributed by atoms with Crippen LogP contribution in [-0.4, -0.2) is 18.8 Å². The molecule has 1 rings (SSSR count). The van der Waals surface area contributed by atoms with Crippen LogP contribution in [0.15, 0.2) is 24.3 Å². The van der Waals surface area contributed by atoms with Crippen molar-refractivity contribution in [2.45, 2.75) is 12.6 Å². The number of aliphatic hydroxyl groups excluding tert-OH is 1. The van der Waals surface area contributed by atoms with Gasteiger partial charge in [0.15, 0.2) is 0 Å². The number of aliphatic hydroxyl groups is 1. The summed E-state index contributed by atoms with van der Waals surface area (Å²) < 4.78 is 18.1. The molecule has 1 aromatic rings. The van der Waals surface area contributed by atoms with Crippen molar-refractivity contribution in [3.05, 3.63) is 29.8 Å². The highest BCUT2D eigenvalue weighted by Gasteiger charge is 2.08. The largest absolute Gasteiger partial charge is 0.497 e. The molecule has 0 saturated heterocycles. The molecule has 1 N–H and O–H groups in total. The predicted molar refractivity (Wildman–Crippen MR) is 48.5 cm³/mol. The SMILES string of the molecule is COc1ccc(C(F)CCO)cc1. The molecule has 0 spiro atoms. The second-order valence-electron chi connectivity index (χ2n) is 2.75. The zero-order valence-electron chi connectivity index (χ0n) is 7.53. The van der Waals surface area contributed by atoms with Gasteiger partial charge in [-0.05, 0) is 17.7 Å². The first-order valence-electron chi connectivity index (χ1n) is 4.17. The molecule has 0 heterocycles. The van der Waals surface area contributed by atoms with Crippen LogP contribution in [0.3, 0.4) is 0 Å². The van der Waals surface area contributed by atoms with Gasteiger partial charge in [-0.3, -0.25) is 0 Å². The Balaban J connectivity index is 2.67. The van der Waals surface area contributed by atoms with E-state index in [0.717, 1.165) is 0 Å². The molecule has 1 aromatic carbocycles. The monoisotopic (exact) mass is 184 g/mol. The quantitative estimate of drug-likeness (QED) is 0.776. The smallest absolute Gasteiger partial charge is 0.127 e. The van der Waals surface area contributed by atoms with E-state index < -0.39 is 6.17 Å². The highest BCUT2D eigenvalue weighted by atomic mass is 19.1. The first kappa shape index (κ1) is 9.99. The van der Waals surface area contributed by atoms with Crippen molar-refractivity contribution in [2.75, 3.05) is 13.7 Å². The summed E-state index contributed by atoms with van der Waals surface area (Å²) >= 11 is 0. The summed E-state index contributed by atoms with van der Waals surface area (Å²) in [6.45, 7) is -0.132. The van der Waals surface area contributed by atoms with Crippen molar-refractivity contribution < 1.29 is 14.2 Å². The molecule has 0 saturated carbocycles. The van der Waals surface area contributed by atoms with Gasteiger partial charge in [0.1, 0.15) is 11.9 Å². The lowest BCUT2D eigenvalue weighted by molar-refractivity contribution is 0.222. The molecule has 2 nitrogen and oxygen atoms in total. The molecule has 3 heteroatoms. The standard InChI is InChI=1S/C10H13FO2/c1-13-9-4-2-8(3-5-9)10(11)6-7-12/h2-5,10,12H,6-7H2,1H3. The van der Waals surface area contributed by atoms with E-state index in [2.05, 4.69) is 0 Å². The summed E-state index contributed by atoms with van der Waals surface area (Å²) in [4.78, 5) is 0. The molecular weight excluding hydrogens is 171 g/mol. The summed E-state index contributed by atoms with van der Waals surface area (Å²) in [6, 6.07) is 6.75. The van der Waals surface area contributed by atoms with Crippen molar-refractivity contribution in [1.82, 2.24) is 0 Å². The van der Waals surface area contributed by atoms with E-state index in [0.29, 0.717) is 11.3 Å². The van der Waals surface area contributed by atoms with Gasteiger partial charge >= 0.3 is 0 Å². The third-order valence-electron chi connectivity index (χ3n) is 1.86. The number of halogens is 1. The Morgan fingerprint density at radius 1 is 1.38 bits per heavy atom. The zero-order valence-corrected chi connectivity index (χ0v) is 7.53. The number of hydrogen-bond acceptors (Lipinski definition) is 2. The summed E-state index contributed by atoms with van der Waals surface area (Å²) in [5.74, 6) is 0.708. The van der Waals surface area contributed by atoms with E-state index in [9.17, 15) is 4.39 Å². The van der Waals surface area contributed by atoms with Crippen LogP contribution in [-0.2, 0) is 0 Å². The number of alkyl halides is 1. The molecule has 0 amide bonds. The molecule has 0 aliphatic carbocycles. The molecule has 0 aromatic heterocycles. The average Bonchev–Trinajstić information content (AvgIpc) is 2.18. The fourth-order valence-corrected chi connectivity index (χ4v) is 1.09. The van der Waals surface area contributed by atoms with E-state index in [1.807, 2.05) is 0 Å². The van der Waals surface area contributed by atoms with Crippen LogP contribution in [0.1, 0.15) is 18.2 Å². The highest BCUT2D eigenvalue weighted by Crippen LogP contribution is 2.22. The van der Waals surface area contributed by atoms with Crippen LogP contribution < -0.4 is 4.74 Å². The van der Waals surface area contributed by atoms with Gasteiger partial charge in [0, 0.05) is 13.0 Å². The Hall–Kier alpha value is -1.09. The lowest BCUT2D eigenvalue weighted by Crippen LogP contribution is -1.95. The Bertz CT molecular complexity index is 246. The van der Waals surface area contributed by atoms with Gasteiger partial charge in [-0.15, -0.1) is 0 Å². The summed E-state index contributed by atoms with van der Waals surface area (Å²) in [5.41, 5.74) is 0.579. The van der Waals surface area contributed by atoms with Crippen LogP contribution in [0.25, 0.3) is 0 Å². The fraction of sp³-hybridized carbons (Fsp3) is 0.400.